The van der Waals surface area contributed by atoms with Crippen LogP contribution in [-0.2, 0) is 4.79 Å². The normalized spacial score (nSPS) is 15.2. The lowest BCUT2D eigenvalue weighted by Gasteiger charge is -2.31. The number of amides is 2. The van der Waals surface area contributed by atoms with Crippen LogP contribution in [0, 0.1) is 6.92 Å². The van der Waals surface area contributed by atoms with Gasteiger partial charge in [0.2, 0.25) is 5.91 Å². The standard InChI is InChI=1S/C23H24N2O3S/c1-16-10-12-18(13-11-16)25(23(27)19-8-4-14-28-19)21(20-9-5-15-29-20)22(26)24-17-6-2-3-7-17/h4-5,8-15,17,21H,2-3,6-7H2,1H3,(H,24,26)/t21-/m1/s1. The van der Waals surface area contributed by atoms with E-state index >= 15 is 0 Å². The van der Waals surface area contributed by atoms with Crippen molar-refractivity contribution in [2.24, 2.45) is 0 Å². The smallest absolute Gasteiger partial charge is 0.295 e. The summed E-state index contributed by atoms with van der Waals surface area (Å²) in [6, 6.07) is 14.2. The second-order valence-electron chi connectivity index (χ2n) is 7.40. The maximum atomic E-state index is 13.4. The summed E-state index contributed by atoms with van der Waals surface area (Å²) in [6.45, 7) is 1.99. The number of nitrogens with one attached hydrogen (secondary N) is 1. The van der Waals surface area contributed by atoms with Crippen molar-refractivity contribution in [3.05, 3.63) is 76.4 Å². The largest absolute Gasteiger partial charge is 0.459 e. The molecule has 2 amide bonds. The molecule has 6 heteroatoms. The van der Waals surface area contributed by atoms with E-state index in [9.17, 15) is 9.59 Å². The summed E-state index contributed by atoms with van der Waals surface area (Å²) in [5.74, 6) is -0.278. The van der Waals surface area contributed by atoms with Crippen LogP contribution in [0.15, 0.2) is 64.6 Å². The monoisotopic (exact) mass is 408 g/mol. The lowest BCUT2D eigenvalue weighted by molar-refractivity contribution is -0.123. The van der Waals surface area contributed by atoms with Crippen molar-refractivity contribution in [3.63, 3.8) is 0 Å². The van der Waals surface area contributed by atoms with E-state index in [1.54, 1.807) is 17.0 Å². The Morgan fingerprint density at radius 2 is 1.86 bits per heavy atom. The molecular formula is C23H24N2O3S. The van der Waals surface area contributed by atoms with Crippen molar-refractivity contribution in [2.75, 3.05) is 4.90 Å². The number of carbonyl (C=O) groups is 2. The van der Waals surface area contributed by atoms with E-state index in [1.807, 2.05) is 48.7 Å². The van der Waals surface area contributed by atoms with E-state index < -0.39 is 6.04 Å². The number of aryl methyl sites for hydroxylation is 1. The molecule has 3 aromatic rings. The molecule has 0 aliphatic heterocycles. The number of hydrogen-bond donors (Lipinski definition) is 1. The minimum Gasteiger partial charge on any atom is -0.459 e. The summed E-state index contributed by atoms with van der Waals surface area (Å²) in [5, 5.41) is 5.10. The Balaban J connectivity index is 1.75. The zero-order valence-electron chi connectivity index (χ0n) is 16.3. The molecule has 1 N–H and O–H groups in total. The predicted molar refractivity (Wildman–Crippen MR) is 114 cm³/mol. The highest BCUT2D eigenvalue weighted by Crippen LogP contribution is 2.33. The molecule has 0 spiro atoms. The first kappa shape index (κ1) is 19.5. The minimum atomic E-state index is -0.754. The van der Waals surface area contributed by atoms with Gasteiger partial charge in [0.25, 0.3) is 5.91 Å². The number of rotatable bonds is 6. The van der Waals surface area contributed by atoms with Crippen LogP contribution in [0.1, 0.15) is 52.7 Å². The van der Waals surface area contributed by atoms with Crippen LogP contribution < -0.4 is 10.2 Å². The van der Waals surface area contributed by atoms with Crippen molar-refractivity contribution in [2.45, 2.75) is 44.7 Å². The Labute approximate surface area is 174 Å². The van der Waals surface area contributed by atoms with Crippen molar-refractivity contribution in [3.8, 4) is 0 Å². The Bertz CT molecular complexity index is 943. The van der Waals surface area contributed by atoms with E-state index in [0.717, 1.165) is 36.1 Å². The Morgan fingerprint density at radius 3 is 2.48 bits per heavy atom. The molecule has 0 radical (unpaired) electrons. The number of furan rings is 1. The fourth-order valence-corrected chi connectivity index (χ4v) is 4.59. The highest BCUT2D eigenvalue weighted by atomic mass is 32.1. The fourth-order valence-electron chi connectivity index (χ4n) is 3.78. The predicted octanol–water partition coefficient (Wildman–Crippen LogP) is 5.10. The maximum Gasteiger partial charge on any atom is 0.295 e. The number of benzene rings is 1. The molecule has 1 fully saturated rings. The number of hydrogen-bond acceptors (Lipinski definition) is 4. The molecular weight excluding hydrogens is 384 g/mol. The fraction of sp³-hybridized carbons (Fsp3) is 0.304. The summed E-state index contributed by atoms with van der Waals surface area (Å²) in [7, 11) is 0. The van der Waals surface area contributed by atoms with Gasteiger partial charge in [-0.15, -0.1) is 11.3 Å². The lowest BCUT2D eigenvalue weighted by atomic mass is 10.1. The molecule has 1 aliphatic rings. The van der Waals surface area contributed by atoms with Crippen molar-refractivity contribution in [1.29, 1.82) is 0 Å². The van der Waals surface area contributed by atoms with Gasteiger partial charge in [-0.3, -0.25) is 14.5 Å². The van der Waals surface area contributed by atoms with Gasteiger partial charge in [0, 0.05) is 16.6 Å². The highest BCUT2D eigenvalue weighted by Gasteiger charge is 2.36. The molecule has 1 saturated carbocycles. The van der Waals surface area contributed by atoms with Gasteiger partial charge in [-0.1, -0.05) is 36.6 Å². The SMILES string of the molecule is Cc1ccc(N(C(=O)c2ccco2)[C@@H](C(=O)NC2CCCC2)c2cccs2)cc1. The number of thiophene rings is 1. The molecule has 1 aliphatic carbocycles. The van der Waals surface area contributed by atoms with Crippen molar-refractivity contribution < 1.29 is 14.0 Å². The number of anilines is 1. The third-order valence-electron chi connectivity index (χ3n) is 5.28. The second kappa shape index (κ2) is 8.66. The summed E-state index contributed by atoms with van der Waals surface area (Å²) < 4.78 is 5.38. The van der Waals surface area contributed by atoms with Gasteiger partial charge in [0.05, 0.1) is 6.26 Å². The Hall–Kier alpha value is -2.86. The van der Waals surface area contributed by atoms with Crippen LogP contribution in [0.25, 0.3) is 0 Å². The van der Waals surface area contributed by atoms with E-state index in [-0.39, 0.29) is 23.6 Å². The van der Waals surface area contributed by atoms with Crippen LogP contribution in [0.4, 0.5) is 5.69 Å². The van der Waals surface area contributed by atoms with Gasteiger partial charge in [-0.2, -0.15) is 0 Å². The van der Waals surface area contributed by atoms with Crippen molar-refractivity contribution >= 4 is 28.8 Å². The van der Waals surface area contributed by atoms with Crippen molar-refractivity contribution in [1.82, 2.24) is 5.32 Å². The number of nitrogens with zero attached hydrogens (tertiary/aromatic N) is 1. The van der Waals surface area contributed by atoms with E-state index in [4.69, 9.17) is 4.42 Å². The first-order valence-electron chi connectivity index (χ1n) is 9.91. The molecule has 2 heterocycles. The van der Waals surface area contributed by atoms with Gasteiger partial charge < -0.3 is 9.73 Å². The van der Waals surface area contributed by atoms with Crippen LogP contribution in [0.5, 0.6) is 0 Å². The quantitative estimate of drug-likeness (QED) is 0.617. The van der Waals surface area contributed by atoms with Gasteiger partial charge >= 0.3 is 0 Å². The average Bonchev–Trinajstić information content (AvgIpc) is 3.49. The molecule has 1 aromatic carbocycles. The first-order valence-corrected chi connectivity index (χ1v) is 10.8. The van der Waals surface area contributed by atoms with Crippen LogP contribution >= 0.6 is 11.3 Å². The zero-order valence-corrected chi connectivity index (χ0v) is 17.2. The molecule has 5 nitrogen and oxygen atoms in total. The maximum absolute atomic E-state index is 13.4. The molecule has 29 heavy (non-hydrogen) atoms. The topological polar surface area (TPSA) is 62.6 Å². The van der Waals surface area contributed by atoms with Crippen LogP contribution in [-0.4, -0.2) is 17.9 Å². The minimum absolute atomic E-state index is 0.153. The highest BCUT2D eigenvalue weighted by molar-refractivity contribution is 7.10. The Morgan fingerprint density at radius 1 is 1.10 bits per heavy atom. The zero-order chi connectivity index (χ0) is 20.2. The molecule has 2 aromatic heterocycles. The van der Waals surface area contributed by atoms with E-state index in [1.165, 1.54) is 17.6 Å². The molecule has 0 saturated heterocycles. The summed E-state index contributed by atoms with van der Waals surface area (Å²) in [6.07, 6.45) is 5.70. The third-order valence-corrected chi connectivity index (χ3v) is 6.21. The average molecular weight is 409 g/mol. The van der Waals surface area contributed by atoms with E-state index in [0.29, 0.717) is 5.69 Å². The van der Waals surface area contributed by atoms with Crippen LogP contribution in [0.2, 0.25) is 0 Å². The molecule has 0 unspecified atom stereocenters. The third kappa shape index (κ3) is 4.27. The van der Waals surface area contributed by atoms with E-state index in [2.05, 4.69) is 5.32 Å². The van der Waals surface area contributed by atoms with Gasteiger partial charge in [-0.25, -0.2) is 0 Å². The molecule has 0 bridgehead atoms. The summed E-state index contributed by atoms with van der Waals surface area (Å²) >= 11 is 1.47. The Kier molecular flexibility index (Phi) is 5.81. The van der Waals surface area contributed by atoms with Gasteiger partial charge in [-0.05, 0) is 55.5 Å². The molecule has 150 valence electrons. The first-order chi connectivity index (χ1) is 14.1. The van der Waals surface area contributed by atoms with Gasteiger partial charge in [0.1, 0.15) is 0 Å². The van der Waals surface area contributed by atoms with Crippen LogP contribution in [0.3, 0.4) is 0 Å². The number of carbonyl (C=O) groups excluding carboxylic acids is 2. The molecule has 1 atom stereocenters. The molecule has 4 rings (SSSR count). The lowest BCUT2D eigenvalue weighted by Crippen LogP contribution is -2.46. The summed E-state index contributed by atoms with van der Waals surface area (Å²) in [4.78, 5) is 29.2. The van der Waals surface area contributed by atoms with Gasteiger partial charge in [0.15, 0.2) is 11.8 Å². The summed E-state index contributed by atoms with van der Waals surface area (Å²) in [5.41, 5.74) is 1.75. The second-order valence-corrected chi connectivity index (χ2v) is 8.38.